The van der Waals surface area contributed by atoms with Crippen molar-refractivity contribution in [2.75, 3.05) is 12.0 Å². The highest BCUT2D eigenvalue weighted by molar-refractivity contribution is 7.99. The summed E-state index contributed by atoms with van der Waals surface area (Å²) in [6, 6.07) is -0.0595. The van der Waals surface area contributed by atoms with Crippen molar-refractivity contribution in [3.8, 4) is 0 Å². The van der Waals surface area contributed by atoms with E-state index in [-0.39, 0.29) is 18.4 Å². The number of amides is 1. The minimum absolute atomic E-state index is 0.0367. The molecular formula is C8H15NO3S. The molecule has 13 heavy (non-hydrogen) atoms. The maximum Gasteiger partial charge on any atom is 0.303 e. The van der Waals surface area contributed by atoms with Crippen LogP contribution in [0.1, 0.15) is 19.8 Å². The maximum absolute atomic E-state index is 11.0. The first kappa shape index (κ1) is 12.3. The monoisotopic (exact) mass is 205 g/mol. The Kier molecular flexibility index (Phi) is 6.40. The molecule has 0 spiro atoms. The van der Waals surface area contributed by atoms with Crippen LogP contribution in [0.4, 0.5) is 0 Å². The lowest BCUT2D eigenvalue weighted by molar-refractivity contribution is -0.137. The third-order valence-electron chi connectivity index (χ3n) is 1.47. The number of rotatable bonds is 6. The van der Waals surface area contributed by atoms with Crippen LogP contribution in [0.3, 0.4) is 0 Å². The topological polar surface area (TPSA) is 66.4 Å². The number of carbonyl (C=O) groups is 2. The van der Waals surface area contributed by atoms with Crippen molar-refractivity contribution in [2.45, 2.75) is 25.8 Å². The van der Waals surface area contributed by atoms with Crippen molar-refractivity contribution >= 4 is 23.6 Å². The fourth-order valence-corrected chi connectivity index (χ4v) is 1.21. The van der Waals surface area contributed by atoms with Crippen LogP contribution < -0.4 is 5.32 Å². The van der Waals surface area contributed by atoms with Crippen molar-refractivity contribution in [1.29, 1.82) is 0 Å². The van der Waals surface area contributed by atoms with Crippen molar-refractivity contribution in [3.63, 3.8) is 0 Å². The van der Waals surface area contributed by atoms with Gasteiger partial charge in [0, 0.05) is 12.5 Å². The highest BCUT2D eigenvalue weighted by Crippen LogP contribution is 1.97. The van der Waals surface area contributed by atoms with Gasteiger partial charge in [0.1, 0.15) is 0 Å². The summed E-state index contributed by atoms with van der Waals surface area (Å²) in [5, 5.41) is 11.1. The molecular weight excluding hydrogens is 190 g/mol. The molecule has 0 aliphatic rings. The molecule has 0 aliphatic heterocycles. The molecule has 0 saturated heterocycles. The number of thioether (sulfide) groups is 1. The summed E-state index contributed by atoms with van der Waals surface area (Å²) in [6.07, 6.45) is 2.43. The first-order valence-corrected chi connectivity index (χ1v) is 5.45. The molecule has 0 bridgehead atoms. The molecule has 2 N–H and O–H groups in total. The van der Waals surface area contributed by atoms with Gasteiger partial charge >= 0.3 is 5.97 Å². The molecule has 0 aromatic heterocycles. The van der Waals surface area contributed by atoms with Gasteiger partial charge in [0.25, 0.3) is 0 Å². The third-order valence-corrected chi connectivity index (χ3v) is 2.02. The van der Waals surface area contributed by atoms with Gasteiger partial charge in [-0.15, -0.1) is 0 Å². The second-order valence-corrected chi connectivity index (χ2v) is 3.70. The Hall–Kier alpha value is -0.710. The summed E-state index contributed by atoms with van der Waals surface area (Å²) in [6.45, 7) is 1.81. The Morgan fingerprint density at radius 2 is 2.15 bits per heavy atom. The van der Waals surface area contributed by atoms with E-state index in [1.54, 1.807) is 6.92 Å². The van der Waals surface area contributed by atoms with Crippen LogP contribution in [-0.2, 0) is 9.59 Å². The molecule has 5 heteroatoms. The van der Waals surface area contributed by atoms with E-state index in [1.165, 1.54) is 11.8 Å². The SMILES string of the molecule is CSCC(=O)NC(C)CCC(=O)O. The van der Waals surface area contributed by atoms with Crippen molar-refractivity contribution < 1.29 is 14.7 Å². The zero-order chi connectivity index (χ0) is 10.3. The number of hydrogen-bond donors (Lipinski definition) is 2. The van der Waals surface area contributed by atoms with Crippen molar-refractivity contribution in [2.24, 2.45) is 0 Å². The molecule has 0 aliphatic carbocycles. The Bertz CT molecular complexity index is 184. The summed E-state index contributed by atoms with van der Waals surface area (Å²) in [4.78, 5) is 21.2. The number of carboxylic acids is 1. The van der Waals surface area contributed by atoms with Gasteiger partial charge in [-0.25, -0.2) is 0 Å². The zero-order valence-corrected chi connectivity index (χ0v) is 8.69. The van der Waals surface area contributed by atoms with Gasteiger partial charge in [0.15, 0.2) is 0 Å². The third kappa shape index (κ3) is 7.64. The predicted molar refractivity (Wildman–Crippen MR) is 52.9 cm³/mol. The molecule has 1 unspecified atom stereocenters. The number of aliphatic carboxylic acids is 1. The summed E-state index contributed by atoms with van der Waals surface area (Å²) in [7, 11) is 0. The lowest BCUT2D eigenvalue weighted by Gasteiger charge is -2.11. The Morgan fingerprint density at radius 3 is 2.62 bits per heavy atom. The zero-order valence-electron chi connectivity index (χ0n) is 7.87. The van der Waals surface area contributed by atoms with Crippen LogP contribution >= 0.6 is 11.8 Å². The average Bonchev–Trinajstić information content (AvgIpc) is 2.01. The molecule has 0 radical (unpaired) electrons. The quantitative estimate of drug-likeness (QED) is 0.670. The molecule has 0 saturated carbocycles. The summed E-state index contributed by atoms with van der Waals surface area (Å²) < 4.78 is 0. The lowest BCUT2D eigenvalue weighted by Crippen LogP contribution is -2.34. The van der Waals surface area contributed by atoms with Crippen LogP contribution in [0.15, 0.2) is 0 Å². The van der Waals surface area contributed by atoms with E-state index in [0.29, 0.717) is 12.2 Å². The van der Waals surface area contributed by atoms with E-state index in [1.807, 2.05) is 6.26 Å². The minimum atomic E-state index is -0.828. The molecule has 1 atom stereocenters. The Morgan fingerprint density at radius 1 is 1.54 bits per heavy atom. The van der Waals surface area contributed by atoms with E-state index in [2.05, 4.69) is 5.32 Å². The highest BCUT2D eigenvalue weighted by atomic mass is 32.2. The van der Waals surface area contributed by atoms with Crippen LogP contribution in [-0.4, -0.2) is 35.0 Å². The van der Waals surface area contributed by atoms with Gasteiger partial charge in [-0.05, 0) is 19.6 Å². The maximum atomic E-state index is 11.0. The van der Waals surface area contributed by atoms with Gasteiger partial charge in [0.05, 0.1) is 5.75 Å². The number of carboxylic acid groups (broad SMARTS) is 1. The fraction of sp³-hybridized carbons (Fsp3) is 0.750. The van der Waals surface area contributed by atoms with Gasteiger partial charge in [-0.3, -0.25) is 9.59 Å². The number of nitrogens with one attached hydrogen (secondary N) is 1. The first-order valence-electron chi connectivity index (χ1n) is 4.06. The van der Waals surface area contributed by atoms with E-state index < -0.39 is 5.97 Å². The van der Waals surface area contributed by atoms with E-state index in [9.17, 15) is 9.59 Å². The van der Waals surface area contributed by atoms with Crippen LogP contribution in [0.2, 0.25) is 0 Å². The normalized spacial score (nSPS) is 12.2. The summed E-state index contributed by atoms with van der Waals surface area (Å²) in [5.74, 6) is -0.436. The van der Waals surface area contributed by atoms with Crippen molar-refractivity contribution in [1.82, 2.24) is 5.32 Å². The van der Waals surface area contributed by atoms with Gasteiger partial charge < -0.3 is 10.4 Å². The lowest BCUT2D eigenvalue weighted by atomic mass is 10.2. The first-order chi connectivity index (χ1) is 6.06. The Balaban J connectivity index is 3.55. The predicted octanol–water partition coefficient (Wildman–Crippen LogP) is 0.719. The molecule has 1 amide bonds. The fourth-order valence-electron chi connectivity index (χ4n) is 0.860. The summed E-state index contributed by atoms with van der Waals surface area (Å²) >= 11 is 1.45. The molecule has 0 heterocycles. The van der Waals surface area contributed by atoms with E-state index in [4.69, 9.17) is 5.11 Å². The average molecular weight is 205 g/mol. The number of carbonyl (C=O) groups excluding carboxylic acids is 1. The molecule has 0 rings (SSSR count). The number of hydrogen-bond acceptors (Lipinski definition) is 3. The molecule has 0 aromatic rings. The highest BCUT2D eigenvalue weighted by Gasteiger charge is 2.07. The second-order valence-electron chi connectivity index (χ2n) is 2.83. The van der Waals surface area contributed by atoms with Crippen molar-refractivity contribution in [3.05, 3.63) is 0 Å². The van der Waals surface area contributed by atoms with Gasteiger partial charge in [-0.1, -0.05) is 0 Å². The standard InChI is InChI=1S/C8H15NO3S/c1-6(3-4-8(11)12)9-7(10)5-13-2/h6H,3-5H2,1-2H3,(H,9,10)(H,11,12). The smallest absolute Gasteiger partial charge is 0.303 e. The Labute approximate surface area is 82.1 Å². The van der Waals surface area contributed by atoms with Gasteiger partial charge in [-0.2, -0.15) is 11.8 Å². The van der Waals surface area contributed by atoms with E-state index >= 15 is 0 Å². The molecule has 0 fully saturated rings. The largest absolute Gasteiger partial charge is 0.481 e. The molecule has 76 valence electrons. The summed E-state index contributed by atoms with van der Waals surface area (Å²) in [5.41, 5.74) is 0. The van der Waals surface area contributed by atoms with Gasteiger partial charge in [0.2, 0.25) is 5.91 Å². The molecule has 0 aromatic carbocycles. The minimum Gasteiger partial charge on any atom is -0.481 e. The second kappa shape index (κ2) is 6.77. The van der Waals surface area contributed by atoms with E-state index in [0.717, 1.165) is 0 Å². The van der Waals surface area contributed by atoms with Crippen LogP contribution in [0, 0.1) is 0 Å². The van der Waals surface area contributed by atoms with Crippen LogP contribution in [0.5, 0.6) is 0 Å². The molecule has 4 nitrogen and oxygen atoms in total. The van der Waals surface area contributed by atoms with Crippen LogP contribution in [0.25, 0.3) is 0 Å².